The van der Waals surface area contributed by atoms with Crippen LogP contribution in [0.15, 0.2) is 12.3 Å². The van der Waals surface area contributed by atoms with Crippen molar-refractivity contribution < 1.29 is 0 Å². The summed E-state index contributed by atoms with van der Waals surface area (Å²) in [5, 5.41) is 3.75. The molecule has 2 heterocycles. The molecule has 4 heteroatoms. The van der Waals surface area contributed by atoms with Gasteiger partial charge in [-0.2, -0.15) is 0 Å². The van der Waals surface area contributed by atoms with Crippen molar-refractivity contribution in [2.75, 3.05) is 19.6 Å². The van der Waals surface area contributed by atoms with Crippen molar-refractivity contribution in [2.45, 2.75) is 44.7 Å². The number of rotatable bonds is 2. The standard InChI is InChI=1S/C14H22N4/c1-12-15-7-4-13(17-12)10-18-9-8-16-14(11-18)5-2-3-6-14/h4,7,16H,2-3,5-6,8-11H2,1H3. The number of nitrogens with zero attached hydrogens (tertiary/aromatic N) is 3. The van der Waals surface area contributed by atoms with Gasteiger partial charge in [-0.3, -0.25) is 4.90 Å². The number of hydrogen-bond acceptors (Lipinski definition) is 4. The zero-order chi connectivity index (χ0) is 12.4. The zero-order valence-electron chi connectivity index (χ0n) is 11.2. The first-order chi connectivity index (χ1) is 8.76. The maximum Gasteiger partial charge on any atom is 0.125 e. The molecule has 1 aromatic heterocycles. The Bertz CT molecular complexity index is 412. The van der Waals surface area contributed by atoms with Gasteiger partial charge in [0.05, 0.1) is 5.69 Å². The Morgan fingerprint density at radius 2 is 2.22 bits per heavy atom. The highest BCUT2D eigenvalue weighted by molar-refractivity contribution is 5.04. The third-order valence-electron chi connectivity index (χ3n) is 4.23. The molecule has 1 aliphatic heterocycles. The predicted octanol–water partition coefficient (Wildman–Crippen LogP) is 1.50. The molecule has 1 aliphatic carbocycles. The highest BCUT2D eigenvalue weighted by Gasteiger charge is 2.37. The third kappa shape index (κ3) is 2.54. The van der Waals surface area contributed by atoms with Crippen molar-refractivity contribution in [3.05, 3.63) is 23.8 Å². The average molecular weight is 246 g/mol. The average Bonchev–Trinajstić information content (AvgIpc) is 2.77. The van der Waals surface area contributed by atoms with Crippen LogP contribution in [0, 0.1) is 6.92 Å². The molecule has 0 unspecified atom stereocenters. The molecule has 0 aromatic carbocycles. The van der Waals surface area contributed by atoms with Gasteiger partial charge in [-0.1, -0.05) is 12.8 Å². The van der Waals surface area contributed by atoms with E-state index in [2.05, 4.69) is 20.2 Å². The van der Waals surface area contributed by atoms with Crippen LogP contribution in [0.5, 0.6) is 0 Å². The first-order valence-electron chi connectivity index (χ1n) is 7.02. The molecule has 2 aliphatic rings. The van der Waals surface area contributed by atoms with E-state index in [0.717, 1.165) is 31.2 Å². The minimum Gasteiger partial charge on any atom is -0.309 e. The summed E-state index contributed by atoms with van der Waals surface area (Å²) < 4.78 is 0. The van der Waals surface area contributed by atoms with Gasteiger partial charge >= 0.3 is 0 Å². The molecule has 4 nitrogen and oxygen atoms in total. The van der Waals surface area contributed by atoms with Gasteiger partial charge in [0.1, 0.15) is 5.82 Å². The molecule has 0 amide bonds. The molecule has 3 rings (SSSR count). The van der Waals surface area contributed by atoms with E-state index in [1.54, 1.807) is 0 Å². The van der Waals surface area contributed by atoms with Crippen molar-refractivity contribution >= 4 is 0 Å². The van der Waals surface area contributed by atoms with Gasteiger partial charge in [0, 0.05) is 37.9 Å². The fraction of sp³-hybridized carbons (Fsp3) is 0.714. The van der Waals surface area contributed by atoms with Gasteiger partial charge in [0.15, 0.2) is 0 Å². The van der Waals surface area contributed by atoms with Gasteiger partial charge in [-0.25, -0.2) is 9.97 Å². The Hall–Kier alpha value is -1.00. The number of aryl methyl sites for hydroxylation is 1. The maximum atomic E-state index is 4.51. The first kappa shape index (κ1) is 12.1. The Morgan fingerprint density at radius 3 is 3.00 bits per heavy atom. The van der Waals surface area contributed by atoms with Crippen molar-refractivity contribution in [2.24, 2.45) is 0 Å². The lowest BCUT2D eigenvalue weighted by atomic mass is 9.94. The van der Waals surface area contributed by atoms with Crippen molar-refractivity contribution in [1.82, 2.24) is 20.2 Å². The molecule has 1 saturated carbocycles. The summed E-state index contributed by atoms with van der Waals surface area (Å²) in [5.41, 5.74) is 1.55. The summed E-state index contributed by atoms with van der Waals surface area (Å²) in [6.07, 6.45) is 7.31. The Balaban J connectivity index is 1.66. The van der Waals surface area contributed by atoms with Gasteiger partial charge in [-0.05, 0) is 25.8 Å². The summed E-state index contributed by atoms with van der Waals surface area (Å²) in [5.74, 6) is 0.873. The van der Waals surface area contributed by atoms with Gasteiger partial charge in [0.2, 0.25) is 0 Å². The van der Waals surface area contributed by atoms with E-state index in [-0.39, 0.29) is 0 Å². The molecule has 1 aromatic rings. The van der Waals surface area contributed by atoms with Crippen LogP contribution < -0.4 is 5.32 Å². The normalized spacial score (nSPS) is 23.6. The smallest absolute Gasteiger partial charge is 0.125 e. The van der Waals surface area contributed by atoms with Crippen LogP contribution in [0.25, 0.3) is 0 Å². The zero-order valence-corrected chi connectivity index (χ0v) is 11.2. The second-order valence-corrected chi connectivity index (χ2v) is 5.72. The molecule has 18 heavy (non-hydrogen) atoms. The van der Waals surface area contributed by atoms with E-state index in [0.29, 0.717) is 5.54 Å². The Kier molecular flexibility index (Phi) is 3.31. The monoisotopic (exact) mass is 246 g/mol. The van der Waals surface area contributed by atoms with Crippen molar-refractivity contribution in [3.8, 4) is 0 Å². The van der Waals surface area contributed by atoms with E-state index in [9.17, 15) is 0 Å². The number of piperazine rings is 1. The predicted molar refractivity (Wildman–Crippen MR) is 71.2 cm³/mol. The lowest BCUT2D eigenvalue weighted by Crippen LogP contribution is -2.58. The second-order valence-electron chi connectivity index (χ2n) is 5.72. The van der Waals surface area contributed by atoms with Crippen LogP contribution in [0.2, 0.25) is 0 Å². The molecule has 0 atom stereocenters. The van der Waals surface area contributed by atoms with E-state index < -0.39 is 0 Å². The summed E-state index contributed by atoms with van der Waals surface area (Å²) in [6, 6.07) is 2.04. The van der Waals surface area contributed by atoms with Gasteiger partial charge in [-0.15, -0.1) is 0 Å². The molecule has 98 valence electrons. The molecule has 0 bridgehead atoms. The van der Waals surface area contributed by atoms with Gasteiger partial charge < -0.3 is 5.32 Å². The van der Waals surface area contributed by atoms with Crippen LogP contribution in [-0.2, 0) is 6.54 Å². The summed E-state index contributed by atoms with van der Waals surface area (Å²) in [4.78, 5) is 11.2. The Morgan fingerprint density at radius 1 is 1.39 bits per heavy atom. The summed E-state index contributed by atoms with van der Waals surface area (Å²) in [7, 11) is 0. The van der Waals surface area contributed by atoms with E-state index in [1.165, 1.54) is 32.2 Å². The SMILES string of the molecule is Cc1nccc(CN2CCNC3(CCCC3)C2)n1. The van der Waals surface area contributed by atoms with Gasteiger partial charge in [0.25, 0.3) is 0 Å². The van der Waals surface area contributed by atoms with Crippen LogP contribution in [0.1, 0.15) is 37.2 Å². The third-order valence-corrected chi connectivity index (χ3v) is 4.23. The highest BCUT2D eigenvalue weighted by atomic mass is 15.2. The number of nitrogens with one attached hydrogen (secondary N) is 1. The molecular weight excluding hydrogens is 224 g/mol. The molecule has 1 saturated heterocycles. The summed E-state index contributed by atoms with van der Waals surface area (Å²) in [6.45, 7) is 6.34. The summed E-state index contributed by atoms with van der Waals surface area (Å²) >= 11 is 0. The topological polar surface area (TPSA) is 41.1 Å². The van der Waals surface area contributed by atoms with Crippen LogP contribution in [0.3, 0.4) is 0 Å². The number of hydrogen-bond donors (Lipinski definition) is 1. The van der Waals surface area contributed by atoms with E-state index in [1.807, 2.05) is 19.2 Å². The van der Waals surface area contributed by atoms with Crippen LogP contribution in [-0.4, -0.2) is 40.0 Å². The maximum absolute atomic E-state index is 4.51. The number of aromatic nitrogens is 2. The molecule has 2 fully saturated rings. The lowest BCUT2D eigenvalue weighted by molar-refractivity contribution is 0.127. The van der Waals surface area contributed by atoms with E-state index >= 15 is 0 Å². The van der Waals surface area contributed by atoms with Crippen molar-refractivity contribution in [1.29, 1.82) is 0 Å². The quantitative estimate of drug-likeness (QED) is 0.858. The minimum atomic E-state index is 0.403. The molecule has 1 spiro atoms. The highest BCUT2D eigenvalue weighted by Crippen LogP contribution is 2.32. The Labute approximate surface area is 109 Å². The fourth-order valence-electron chi connectivity index (χ4n) is 3.39. The van der Waals surface area contributed by atoms with Crippen molar-refractivity contribution in [3.63, 3.8) is 0 Å². The first-order valence-corrected chi connectivity index (χ1v) is 7.02. The lowest BCUT2D eigenvalue weighted by Gasteiger charge is -2.41. The molecular formula is C14H22N4. The molecule has 0 radical (unpaired) electrons. The van der Waals surface area contributed by atoms with Crippen LogP contribution in [0.4, 0.5) is 0 Å². The second kappa shape index (κ2) is 4.94. The van der Waals surface area contributed by atoms with E-state index in [4.69, 9.17) is 0 Å². The fourth-order valence-corrected chi connectivity index (χ4v) is 3.39. The largest absolute Gasteiger partial charge is 0.309 e. The molecule has 1 N–H and O–H groups in total. The van der Waals surface area contributed by atoms with Crippen LogP contribution >= 0.6 is 0 Å². The minimum absolute atomic E-state index is 0.403.